The molecule has 94 valence electrons. The molecule has 0 aromatic carbocycles. The van der Waals surface area contributed by atoms with Gasteiger partial charge in [-0.2, -0.15) is 0 Å². The first-order chi connectivity index (χ1) is 8.13. The molecule has 3 atom stereocenters. The Labute approximate surface area is 102 Å². The highest BCUT2D eigenvalue weighted by atomic mass is 16.3. The molecule has 4 nitrogen and oxygen atoms in total. The summed E-state index contributed by atoms with van der Waals surface area (Å²) in [5.41, 5.74) is 0.821. The third-order valence-corrected chi connectivity index (χ3v) is 3.62. The van der Waals surface area contributed by atoms with Crippen molar-refractivity contribution in [1.29, 1.82) is 0 Å². The van der Waals surface area contributed by atoms with Crippen molar-refractivity contribution in [1.82, 2.24) is 4.98 Å². The predicted octanol–water partition coefficient (Wildman–Crippen LogP) is 1.34. The summed E-state index contributed by atoms with van der Waals surface area (Å²) in [6.45, 7) is 4.99. The van der Waals surface area contributed by atoms with Gasteiger partial charge < -0.3 is 15.1 Å². The summed E-state index contributed by atoms with van der Waals surface area (Å²) in [5.74, 6) is 1.39. The molecule has 2 N–H and O–H groups in total. The van der Waals surface area contributed by atoms with Crippen LogP contribution in [0.4, 0.5) is 5.82 Å². The third kappa shape index (κ3) is 2.42. The molecule has 0 amide bonds. The summed E-state index contributed by atoms with van der Waals surface area (Å²) in [4.78, 5) is 6.52. The van der Waals surface area contributed by atoms with Crippen molar-refractivity contribution in [3.05, 3.63) is 23.9 Å². The van der Waals surface area contributed by atoms with Gasteiger partial charge in [-0.05, 0) is 30.9 Å². The SMILES string of the molecule is CC(O)c1ccc(N2CCC(C)C2CO)nc1. The van der Waals surface area contributed by atoms with Crippen molar-refractivity contribution < 1.29 is 10.2 Å². The Kier molecular flexibility index (Phi) is 3.64. The topological polar surface area (TPSA) is 56.6 Å². The van der Waals surface area contributed by atoms with Gasteiger partial charge in [0.15, 0.2) is 0 Å². The smallest absolute Gasteiger partial charge is 0.128 e. The molecule has 3 unspecified atom stereocenters. The monoisotopic (exact) mass is 236 g/mol. The van der Waals surface area contributed by atoms with Crippen LogP contribution < -0.4 is 4.90 Å². The maximum absolute atomic E-state index is 9.43. The lowest BCUT2D eigenvalue weighted by Crippen LogP contribution is -2.35. The molecule has 2 rings (SSSR count). The molecule has 1 aromatic heterocycles. The van der Waals surface area contributed by atoms with Crippen LogP contribution in [0.1, 0.15) is 31.9 Å². The van der Waals surface area contributed by atoms with Crippen LogP contribution in [0.25, 0.3) is 0 Å². The summed E-state index contributed by atoms with van der Waals surface area (Å²) in [6.07, 6.45) is 2.31. The van der Waals surface area contributed by atoms with E-state index in [2.05, 4.69) is 16.8 Å². The fraction of sp³-hybridized carbons (Fsp3) is 0.615. The van der Waals surface area contributed by atoms with E-state index in [9.17, 15) is 10.2 Å². The fourth-order valence-corrected chi connectivity index (χ4v) is 2.39. The Bertz CT molecular complexity index is 364. The predicted molar refractivity (Wildman–Crippen MR) is 66.9 cm³/mol. The summed E-state index contributed by atoms with van der Waals surface area (Å²) in [7, 11) is 0. The summed E-state index contributed by atoms with van der Waals surface area (Å²) in [5, 5.41) is 18.8. The molecule has 0 aliphatic carbocycles. The molecule has 1 aliphatic rings. The van der Waals surface area contributed by atoms with E-state index in [1.54, 1.807) is 13.1 Å². The van der Waals surface area contributed by atoms with Crippen molar-refractivity contribution >= 4 is 5.82 Å². The number of aromatic nitrogens is 1. The first kappa shape index (κ1) is 12.3. The van der Waals surface area contributed by atoms with Crippen LogP contribution >= 0.6 is 0 Å². The van der Waals surface area contributed by atoms with E-state index in [1.807, 2.05) is 12.1 Å². The highest BCUT2D eigenvalue weighted by Crippen LogP contribution is 2.28. The van der Waals surface area contributed by atoms with E-state index in [0.29, 0.717) is 5.92 Å². The Morgan fingerprint density at radius 3 is 2.82 bits per heavy atom. The van der Waals surface area contributed by atoms with E-state index < -0.39 is 6.10 Å². The van der Waals surface area contributed by atoms with E-state index in [4.69, 9.17) is 0 Å². The van der Waals surface area contributed by atoms with Crippen LogP contribution in [0.3, 0.4) is 0 Å². The molecule has 1 fully saturated rings. The Hall–Kier alpha value is -1.13. The van der Waals surface area contributed by atoms with Crippen LogP contribution in [0, 0.1) is 5.92 Å². The van der Waals surface area contributed by atoms with Crippen LogP contribution in [0.15, 0.2) is 18.3 Å². The van der Waals surface area contributed by atoms with Gasteiger partial charge in [0.1, 0.15) is 5.82 Å². The zero-order valence-corrected chi connectivity index (χ0v) is 10.4. The van der Waals surface area contributed by atoms with Gasteiger partial charge in [-0.1, -0.05) is 13.0 Å². The number of rotatable bonds is 3. The minimum atomic E-state index is -0.484. The van der Waals surface area contributed by atoms with E-state index in [0.717, 1.165) is 24.3 Å². The van der Waals surface area contributed by atoms with Crippen LogP contribution in [-0.2, 0) is 0 Å². The number of aliphatic hydroxyl groups excluding tert-OH is 2. The number of hydrogen-bond acceptors (Lipinski definition) is 4. The van der Waals surface area contributed by atoms with Gasteiger partial charge in [-0.3, -0.25) is 0 Å². The molecule has 1 aliphatic heterocycles. The molecule has 4 heteroatoms. The molecule has 1 saturated heterocycles. The zero-order valence-electron chi connectivity index (χ0n) is 10.4. The molecule has 17 heavy (non-hydrogen) atoms. The van der Waals surface area contributed by atoms with Gasteiger partial charge >= 0.3 is 0 Å². The maximum Gasteiger partial charge on any atom is 0.128 e. The van der Waals surface area contributed by atoms with Gasteiger partial charge in [0.05, 0.1) is 18.8 Å². The highest BCUT2D eigenvalue weighted by molar-refractivity contribution is 5.42. The standard InChI is InChI=1S/C13H20N2O2/c1-9-5-6-15(12(9)8-16)13-4-3-11(7-14-13)10(2)17/h3-4,7,9-10,12,16-17H,5-6,8H2,1-2H3. The van der Waals surface area contributed by atoms with Crippen molar-refractivity contribution in [2.24, 2.45) is 5.92 Å². The van der Waals surface area contributed by atoms with Crippen LogP contribution in [0.5, 0.6) is 0 Å². The van der Waals surface area contributed by atoms with Gasteiger partial charge in [0, 0.05) is 12.7 Å². The van der Waals surface area contributed by atoms with Crippen molar-refractivity contribution in [2.45, 2.75) is 32.4 Å². The molecule has 2 heterocycles. The summed E-state index contributed by atoms with van der Waals surface area (Å²) >= 11 is 0. The molecule has 0 radical (unpaired) electrons. The van der Waals surface area contributed by atoms with Gasteiger partial charge in [-0.15, -0.1) is 0 Å². The second-order valence-electron chi connectivity index (χ2n) is 4.83. The number of pyridine rings is 1. The molecule has 1 aromatic rings. The largest absolute Gasteiger partial charge is 0.394 e. The van der Waals surface area contributed by atoms with Crippen LogP contribution in [0.2, 0.25) is 0 Å². The lowest BCUT2D eigenvalue weighted by molar-refractivity contribution is 0.199. The Balaban J connectivity index is 2.17. The highest BCUT2D eigenvalue weighted by Gasteiger charge is 2.31. The number of anilines is 1. The molecule has 0 spiro atoms. The fourth-order valence-electron chi connectivity index (χ4n) is 2.39. The number of hydrogen-bond donors (Lipinski definition) is 2. The average Bonchev–Trinajstić information content (AvgIpc) is 2.70. The quantitative estimate of drug-likeness (QED) is 0.831. The van der Waals surface area contributed by atoms with Gasteiger partial charge in [-0.25, -0.2) is 4.98 Å². The normalized spacial score (nSPS) is 26.2. The Morgan fingerprint density at radius 2 is 2.29 bits per heavy atom. The van der Waals surface area contributed by atoms with E-state index in [-0.39, 0.29) is 12.6 Å². The zero-order chi connectivity index (χ0) is 12.4. The molecular formula is C13H20N2O2. The average molecular weight is 236 g/mol. The second kappa shape index (κ2) is 5.02. The number of aliphatic hydroxyl groups is 2. The first-order valence-electron chi connectivity index (χ1n) is 6.15. The first-order valence-corrected chi connectivity index (χ1v) is 6.15. The van der Waals surface area contributed by atoms with Crippen molar-refractivity contribution in [3.63, 3.8) is 0 Å². The summed E-state index contributed by atoms with van der Waals surface area (Å²) in [6, 6.07) is 3.98. The molecule has 0 bridgehead atoms. The minimum absolute atomic E-state index is 0.167. The molecular weight excluding hydrogens is 216 g/mol. The lowest BCUT2D eigenvalue weighted by atomic mass is 10.0. The summed E-state index contributed by atoms with van der Waals surface area (Å²) < 4.78 is 0. The lowest BCUT2D eigenvalue weighted by Gasteiger charge is -2.26. The van der Waals surface area contributed by atoms with Crippen LogP contribution in [-0.4, -0.2) is 34.4 Å². The van der Waals surface area contributed by atoms with Crippen molar-refractivity contribution in [2.75, 3.05) is 18.1 Å². The molecule has 0 saturated carbocycles. The van der Waals surface area contributed by atoms with E-state index in [1.165, 1.54) is 0 Å². The Morgan fingerprint density at radius 1 is 1.53 bits per heavy atom. The van der Waals surface area contributed by atoms with Crippen molar-refractivity contribution in [3.8, 4) is 0 Å². The van der Waals surface area contributed by atoms with Gasteiger partial charge in [0.2, 0.25) is 0 Å². The third-order valence-electron chi connectivity index (χ3n) is 3.62. The minimum Gasteiger partial charge on any atom is -0.394 e. The maximum atomic E-state index is 9.43. The number of nitrogens with zero attached hydrogens (tertiary/aromatic N) is 2. The van der Waals surface area contributed by atoms with Gasteiger partial charge in [0.25, 0.3) is 0 Å². The van der Waals surface area contributed by atoms with E-state index >= 15 is 0 Å². The second-order valence-corrected chi connectivity index (χ2v) is 4.83.